The Kier molecular flexibility index (Phi) is 2.67. The van der Waals surface area contributed by atoms with Crippen molar-refractivity contribution >= 4 is 0 Å². The maximum absolute atomic E-state index is 9.36. The van der Waals surface area contributed by atoms with E-state index in [9.17, 15) is 5.11 Å². The molecule has 1 rings (SSSR count). The third-order valence-electron chi connectivity index (χ3n) is 1.92. The Morgan fingerprint density at radius 3 is 2.42 bits per heavy atom. The van der Waals surface area contributed by atoms with Crippen LogP contribution in [-0.2, 0) is 4.74 Å². The van der Waals surface area contributed by atoms with Gasteiger partial charge in [-0.3, -0.25) is 0 Å². The van der Waals surface area contributed by atoms with Crippen molar-refractivity contribution in [3.05, 3.63) is 0 Å². The van der Waals surface area contributed by atoms with E-state index in [-0.39, 0.29) is 6.61 Å². The molecule has 0 radical (unpaired) electrons. The van der Waals surface area contributed by atoms with E-state index in [4.69, 9.17) is 20.4 Å². The number of hydrogen-bond acceptors (Lipinski definition) is 6. The lowest BCUT2D eigenvalue weighted by Gasteiger charge is -2.29. The van der Waals surface area contributed by atoms with Gasteiger partial charge in [0, 0.05) is 0 Å². The van der Waals surface area contributed by atoms with E-state index in [1.807, 2.05) is 0 Å². The average Bonchev–Trinajstić information content (AvgIpc) is 2.33. The molecule has 0 spiro atoms. The van der Waals surface area contributed by atoms with Crippen LogP contribution in [0.5, 0.6) is 0 Å². The van der Waals surface area contributed by atoms with Gasteiger partial charge in [0.1, 0.15) is 18.3 Å². The second kappa shape index (κ2) is 3.25. The van der Waals surface area contributed by atoms with Crippen molar-refractivity contribution in [2.45, 2.75) is 24.1 Å². The summed E-state index contributed by atoms with van der Waals surface area (Å²) in [5, 5.41) is 44.9. The molecule has 0 unspecified atom stereocenters. The SMILES string of the molecule is OC[C@H](O)[C@]1(O)OC[C@@H](O)[C@H]1O. The minimum atomic E-state index is -2.26. The molecule has 0 saturated carbocycles. The molecule has 0 aromatic rings. The summed E-state index contributed by atoms with van der Waals surface area (Å²) in [6.45, 7) is -1.02. The van der Waals surface area contributed by atoms with E-state index >= 15 is 0 Å². The maximum atomic E-state index is 9.36. The van der Waals surface area contributed by atoms with Crippen molar-refractivity contribution < 1.29 is 30.3 Å². The quantitative estimate of drug-likeness (QED) is 0.306. The third kappa shape index (κ3) is 1.33. The zero-order valence-electron chi connectivity index (χ0n) is 6.29. The van der Waals surface area contributed by atoms with Gasteiger partial charge in [-0.05, 0) is 0 Å². The second-order valence-electron chi connectivity index (χ2n) is 2.77. The van der Waals surface area contributed by atoms with Gasteiger partial charge in [0.2, 0.25) is 5.79 Å². The van der Waals surface area contributed by atoms with Gasteiger partial charge in [0.15, 0.2) is 0 Å². The number of ether oxygens (including phenoxy) is 1. The highest BCUT2D eigenvalue weighted by Crippen LogP contribution is 2.27. The number of aliphatic hydroxyl groups is 5. The Morgan fingerprint density at radius 2 is 2.08 bits per heavy atom. The molecule has 1 saturated heterocycles. The van der Waals surface area contributed by atoms with Crippen molar-refractivity contribution in [1.82, 2.24) is 0 Å². The topological polar surface area (TPSA) is 110 Å². The van der Waals surface area contributed by atoms with E-state index in [0.29, 0.717) is 0 Å². The van der Waals surface area contributed by atoms with Crippen LogP contribution < -0.4 is 0 Å². The van der Waals surface area contributed by atoms with Crippen molar-refractivity contribution in [2.75, 3.05) is 13.2 Å². The molecule has 6 nitrogen and oxygen atoms in total. The molecule has 4 atom stereocenters. The fourth-order valence-electron chi connectivity index (χ4n) is 1.10. The molecule has 0 amide bonds. The third-order valence-corrected chi connectivity index (χ3v) is 1.92. The summed E-state index contributed by atoms with van der Waals surface area (Å²) < 4.78 is 4.56. The molecular weight excluding hydrogens is 168 g/mol. The summed E-state index contributed by atoms with van der Waals surface area (Å²) in [5.41, 5.74) is 0. The first-order chi connectivity index (χ1) is 5.52. The number of hydrogen-bond donors (Lipinski definition) is 5. The van der Waals surface area contributed by atoms with Crippen LogP contribution >= 0.6 is 0 Å². The van der Waals surface area contributed by atoms with Gasteiger partial charge in [-0.2, -0.15) is 0 Å². The predicted octanol–water partition coefficient (Wildman–Crippen LogP) is -3.22. The van der Waals surface area contributed by atoms with Gasteiger partial charge < -0.3 is 30.3 Å². The fraction of sp³-hybridized carbons (Fsp3) is 1.00. The van der Waals surface area contributed by atoms with E-state index in [0.717, 1.165) is 0 Å². The Morgan fingerprint density at radius 1 is 1.50 bits per heavy atom. The highest BCUT2D eigenvalue weighted by Gasteiger charge is 2.52. The van der Waals surface area contributed by atoms with Gasteiger partial charge in [0.25, 0.3) is 0 Å². The van der Waals surface area contributed by atoms with Crippen LogP contribution in [0, 0.1) is 0 Å². The van der Waals surface area contributed by atoms with E-state index in [1.165, 1.54) is 0 Å². The Bertz CT molecular complexity index is 162. The molecule has 0 aromatic carbocycles. The van der Waals surface area contributed by atoms with Crippen LogP contribution in [0.3, 0.4) is 0 Å². The monoisotopic (exact) mass is 180 g/mol. The van der Waals surface area contributed by atoms with Gasteiger partial charge in [0.05, 0.1) is 13.2 Å². The number of aliphatic hydroxyl groups excluding tert-OH is 4. The summed E-state index contributed by atoms with van der Waals surface area (Å²) in [4.78, 5) is 0. The number of rotatable bonds is 2. The molecule has 72 valence electrons. The van der Waals surface area contributed by atoms with Crippen LogP contribution in [0.1, 0.15) is 0 Å². The van der Waals surface area contributed by atoms with E-state index in [2.05, 4.69) is 4.74 Å². The fourth-order valence-corrected chi connectivity index (χ4v) is 1.10. The van der Waals surface area contributed by atoms with Crippen molar-refractivity contribution in [3.8, 4) is 0 Å². The van der Waals surface area contributed by atoms with Gasteiger partial charge in [-0.1, -0.05) is 0 Å². The Balaban J connectivity index is 2.71. The summed E-state index contributed by atoms with van der Waals surface area (Å²) in [6, 6.07) is 0. The molecule has 1 aliphatic rings. The minimum absolute atomic E-state index is 0.269. The highest BCUT2D eigenvalue weighted by molar-refractivity contribution is 4.94. The van der Waals surface area contributed by atoms with Gasteiger partial charge in [-0.25, -0.2) is 0 Å². The van der Waals surface area contributed by atoms with Crippen molar-refractivity contribution in [3.63, 3.8) is 0 Å². The summed E-state index contributed by atoms with van der Waals surface area (Å²) in [6.07, 6.45) is -4.46. The van der Waals surface area contributed by atoms with Crippen LogP contribution in [-0.4, -0.2) is 62.8 Å². The molecule has 12 heavy (non-hydrogen) atoms. The van der Waals surface area contributed by atoms with Gasteiger partial charge in [-0.15, -0.1) is 0 Å². The van der Waals surface area contributed by atoms with Crippen LogP contribution in [0.25, 0.3) is 0 Å². The molecular formula is C6H12O6. The molecule has 5 N–H and O–H groups in total. The molecule has 0 aliphatic carbocycles. The largest absolute Gasteiger partial charge is 0.393 e. The predicted molar refractivity (Wildman–Crippen MR) is 36.0 cm³/mol. The molecule has 0 bridgehead atoms. The lowest BCUT2D eigenvalue weighted by atomic mass is 10.0. The normalized spacial score (nSPS) is 44.8. The maximum Gasteiger partial charge on any atom is 0.224 e. The van der Waals surface area contributed by atoms with E-state index in [1.54, 1.807) is 0 Å². The molecule has 1 fully saturated rings. The summed E-state index contributed by atoms with van der Waals surface area (Å²) in [7, 11) is 0. The smallest absolute Gasteiger partial charge is 0.224 e. The Labute approximate surface area is 68.6 Å². The zero-order chi connectivity index (χ0) is 9.35. The first-order valence-corrected chi connectivity index (χ1v) is 3.53. The average molecular weight is 180 g/mol. The minimum Gasteiger partial charge on any atom is -0.393 e. The summed E-state index contributed by atoms with van der Waals surface area (Å²) in [5.74, 6) is -2.26. The Hall–Kier alpha value is -0.240. The standard InChI is InChI=1S/C6H12O6/c7-1-4(9)6(11)5(10)3(8)2-12-6/h3-5,7-11H,1-2H2/t3-,4+,5-,6+/m1/s1. The zero-order valence-corrected chi connectivity index (χ0v) is 6.29. The molecule has 6 heteroatoms. The van der Waals surface area contributed by atoms with Crippen LogP contribution in [0.4, 0.5) is 0 Å². The van der Waals surface area contributed by atoms with Crippen molar-refractivity contribution in [2.24, 2.45) is 0 Å². The van der Waals surface area contributed by atoms with Crippen LogP contribution in [0.15, 0.2) is 0 Å². The first-order valence-electron chi connectivity index (χ1n) is 3.53. The lowest BCUT2D eigenvalue weighted by molar-refractivity contribution is -0.271. The van der Waals surface area contributed by atoms with E-state index < -0.39 is 30.7 Å². The summed E-state index contributed by atoms with van der Waals surface area (Å²) >= 11 is 0. The second-order valence-corrected chi connectivity index (χ2v) is 2.77. The lowest BCUT2D eigenvalue weighted by Crippen LogP contribution is -2.53. The van der Waals surface area contributed by atoms with Gasteiger partial charge >= 0.3 is 0 Å². The molecule has 1 aliphatic heterocycles. The van der Waals surface area contributed by atoms with Crippen molar-refractivity contribution in [1.29, 1.82) is 0 Å². The molecule has 0 aromatic heterocycles. The first kappa shape index (κ1) is 9.85. The highest BCUT2D eigenvalue weighted by atomic mass is 16.7. The molecule has 1 heterocycles. The van der Waals surface area contributed by atoms with Crippen LogP contribution in [0.2, 0.25) is 0 Å².